The molecule has 1 unspecified atom stereocenters. The zero-order chi connectivity index (χ0) is 15.1. The molecule has 1 aliphatic carbocycles. The van der Waals surface area contributed by atoms with Crippen molar-refractivity contribution < 1.29 is 4.74 Å². The minimum Gasteiger partial charge on any atom is -0.495 e. The van der Waals surface area contributed by atoms with Crippen molar-refractivity contribution in [3.63, 3.8) is 0 Å². The van der Waals surface area contributed by atoms with Crippen molar-refractivity contribution in [2.45, 2.75) is 58.4 Å². The molecule has 3 heteroatoms. The molecule has 0 radical (unpaired) electrons. The van der Waals surface area contributed by atoms with Crippen molar-refractivity contribution in [3.8, 4) is 5.75 Å². The molecule has 21 heavy (non-hydrogen) atoms. The van der Waals surface area contributed by atoms with Gasteiger partial charge in [-0.05, 0) is 49.8 Å². The normalized spacial score (nSPS) is 23.8. The summed E-state index contributed by atoms with van der Waals surface area (Å²) in [4.78, 5) is 4.63. The predicted octanol–water partition coefficient (Wildman–Crippen LogP) is 4.35. The first kappa shape index (κ1) is 16.3. The molecule has 0 spiro atoms. The van der Waals surface area contributed by atoms with E-state index < -0.39 is 0 Å². The average Bonchev–Trinajstić information content (AvgIpc) is 2.56. The Morgan fingerprint density at radius 1 is 1.29 bits per heavy atom. The second-order valence-electron chi connectivity index (χ2n) is 6.21. The van der Waals surface area contributed by atoms with Crippen molar-refractivity contribution in [1.29, 1.82) is 0 Å². The minimum absolute atomic E-state index is 0.332. The van der Waals surface area contributed by atoms with E-state index in [1.807, 2.05) is 18.3 Å². The largest absolute Gasteiger partial charge is 0.495 e. The molecule has 1 aromatic heterocycles. The van der Waals surface area contributed by atoms with Crippen LogP contribution in [0.5, 0.6) is 5.75 Å². The molecule has 0 bridgehead atoms. The lowest BCUT2D eigenvalue weighted by Gasteiger charge is -2.34. The summed E-state index contributed by atoms with van der Waals surface area (Å²) in [6, 6.07) is 4.31. The van der Waals surface area contributed by atoms with E-state index in [0.29, 0.717) is 12.0 Å². The quantitative estimate of drug-likeness (QED) is 0.810. The highest BCUT2D eigenvalue weighted by atomic mass is 16.5. The van der Waals surface area contributed by atoms with E-state index in [2.05, 4.69) is 24.1 Å². The zero-order valence-corrected chi connectivity index (χ0v) is 13.8. The lowest BCUT2D eigenvalue weighted by atomic mass is 9.76. The van der Waals surface area contributed by atoms with Gasteiger partial charge in [-0.25, -0.2) is 0 Å². The Hall–Kier alpha value is -1.09. The lowest BCUT2D eigenvalue weighted by Crippen LogP contribution is -2.32. The lowest BCUT2D eigenvalue weighted by molar-refractivity contribution is 0.213. The highest BCUT2D eigenvalue weighted by Gasteiger charge is 2.30. The van der Waals surface area contributed by atoms with Crippen LogP contribution in [0, 0.1) is 11.8 Å². The van der Waals surface area contributed by atoms with Gasteiger partial charge in [-0.2, -0.15) is 0 Å². The molecule has 0 aliphatic heterocycles. The maximum Gasteiger partial charge on any atom is 0.141 e. The molecule has 1 N–H and O–H groups in total. The predicted molar refractivity (Wildman–Crippen MR) is 87.6 cm³/mol. The molecule has 2 rings (SSSR count). The van der Waals surface area contributed by atoms with Crippen molar-refractivity contribution in [2.24, 2.45) is 11.8 Å². The first-order valence-corrected chi connectivity index (χ1v) is 8.52. The van der Waals surface area contributed by atoms with Gasteiger partial charge in [0.15, 0.2) is 0 Å². The Bertz CT molecular complexity index is 413. The maximum atomic E-state index is 5.54. The van der Waals surface area contributed by atoms with E-state index in [4.69, 9.17) is 4.74 Å². The highest BCUT2D eigenvalue weighted by molar-refractivity contribution is 5.30. The number of hydrogen-bond acceptors (Lipinski definition) is 3. The van der Waals surface area contributed by atoms with Crippen molar-refractivity contribution >= 4 is 0 Å². The molecule has 118 valence electrons. The van der Waals surface area contributed by atoms with Gasteiger partial charge in [0.1, 0.15) is 5.75 Å². The molecule has 1 saturated carbocycles. The van der Waals surface area contributed by atoms with Crippen LogP contribution >= 0.6 is 0 Å². The van der Waals surface area contributed by atoms with Crippen LogP contribution in [0.15, 0.2) is 18.3 Å². The number of aromatic nitrogens is 1. The number of hydrogen-bond donors (Lipinski definition) is 1. The first-order chi connectivity index (χ1) is 10.3. The van der Waals surface area contributed by atoms with Gasteiger partial charge in [0.2, 0.25) is 0 Å². The van der Waals surface area contributed by atoms with Crippen LogP contribution in [0.1, 0.15) is 64.1 Å². The molecule has 1 fully saturated rings. The summed E-state index contributed by atoms with van der Waals surface area (Å²) in [5.74, 6) is 2.53. The molecule has 0 aromatic carbocycles. The molecular weight excluding hydrogens is 260 g/mol. The fourth-order valence-electron chi connectivity index (χ4n) is 3.53. The first-order valence-electron chi connectivity index (χ1n) is 8.52. The van der Waals surface area contributed by atoms with E-state index in [-0.39, 0.29) is 0 Å². The summed E-state index contributed by atoms with van der Waals surface area (Å²) in [6.07, 6.45) is 9.69. The number of nitrogens with zero attached hydrogens (tertiary/aromatic N) is 1. The zero-order valence-electron chi connectivity index (χ0n) is 13.8. The van der Waals surface area contributed by atoms with Gasteiger partial charge in [0.25, 0.3) is 0 Å². The van der Waals surface area contributed by atoms with Crippen LogP contribution in [0.25, 0.3) is 0 Å². The highest BCUT2D eigenvalue weighted by Crippen LogP contribution is 2.39. The third kappa shape index (κ3) is 4.19. The van der Waals surface area contributed by atoms with Crippen LogP contribution in [-0.4, -0.2) is 18.6 Å². The number of nitrogens with one attached hydrogen (secondary N) is 1. The summed E-state index contributed by atoms with van der Waals surface area (Å²) in [5.41, 5.74) is 1.09. The fraction of sp³-hybridized carbons (Fsp3) is 0.722. The van der Waals surface area contributed by atoms with Crippen LogP contribution in [-0.2, 0) is 0 Å². The van der Waals surface area contributed by atoms with E-state index in [0.717, 1.165) is 30.3 Å². The Kier molecular flexibility index (Phi) is 6.50. The summed E-state index contributed by atoms with van der Waals surface area (Å²) < 4.78 is 5.54. The van der Waals surface area contributed by atoms with Crippen LogP contribution in [0.4, 0.5) is 0 Å². The van der Waals surface area contributed by atoms with Gasteiger partial charge in [0.05, 0.1) is 18.8 Å². The standard InChI is InChI=1S/C18H30N2O/c1-4-12-19-17(15-10-8-14(5-2)9-11-15)18-16(21-3)7-6-13-20-18/h6-7,13-15,17,19H,4-5,8-12H2,1-3H3. The fourth-order valence-corrected chi connectivity index (χ4v) is 3.53. The molecule has 1 heterocycles. The Labute approximate surface area is 129 Å². The second-order valence-corrected chi connectivity index (χ2v) is 6.21. The van der Waals surface area contributed by atoms with E-state index in [1.54, 1.807) is 7.11 Å². The number of pyridine rings is 1. The van der Waals surface area contributed by atoms with E-state index >= 15 is 0 Å². The molecule has 0 amide bonds. The Morgan fingerprint density at radius 3 is 2.67 bits per heavy atom. The summed E-state index contributed by atoms with van der Waals surface area (Å²) >= 11 is 0. The topological polar surface area (TPSA) is 34.2 Å². The minimum atomic E-state index is 0.332. The third-order valence-corrected chi connectivity index (χ3v) is 4.87. The van der Waals surface area contributed by atoms with Crippen LogP contribution < -0.4 is 10.1 Å². The van der Waals surface area contributed by atoms with E-state index in [1.165, 1.54) is 32.1 Å². The number of ether oxygens (including phenoxy) is 1. The van der Waals surface area contributed by atoms with Gasteiger partial charge >= 0.3 is 0 Å². The van der Waals surface area contributed by atoms with Gasteiger partial charge in [-0.15, -0.1) is 0 Å². The van der Waals surface area contributed by atoms with Crippen molar-refractivity contribution in [2.75, 3.05) is 13.7 Å². The molecular formula is C18H30N2O. The monoisotopic (exact) mass is 290 g/mol. The van der Waals surface area contributed by atoms with Crippen molar-refractivity contribution in [1.82, 2.24) is 10.3 Å². The molecule has 0 saturated heterocycles. The smallest absolute Gasteiger partial charge is 0.141 e. The van der Waals surface area contributed by atoms with E-state index in [9.17, 15) is 0 Å². The van der Waals surface area contributed by atoms with Crippen LogP contribution in [0.2, 0.25) is 0 Å². The van der Waals surface area contributed by atoms with Gasteiger partial charge in [-0.3, -0.25) is 4.98 Å². The van der Waals surface area contributed by atoms with Gasteiger partial charge in [-0.1, -0.05) is 33.1 Å². The summed E-state index contributed by atoms with van der Waals surface area (Å²) in [7, 11) is 1.74. The second kappa shape index (κ2) is 8.38. The molecule has 1 aliphatic rings. The number of methoxy groups -OCH3 is 1. The average molecular weight is 290 g/mol. The summed E-state index contributed by atoms with van der Waals surface area (Å²) in [5, 5.41) is 3.72. The van der Waals surface area contributed by atoms with Gasteiger partial charge in [0, 0.05) is 6.20 Å². The number of rotatable bonds is 7. The molecule has 1 aromatic rings. The van der Waals surface area contributed by atoms with Crippen LogP contribution in [0.3, 0.4) is 0 Å². The Balaban J connectivity index is 2.14. The third-order valence-electron chi connectivity index (χ3n) is 4.87. The summed E-state index contributed by atoms with van der Waals surface area (Å²) in [6.45, 7) is 5.57. The SMILES string of the molecule is CCCNC(c1ncccc1OC)C1CCC(CC)CC1. The Morgan fingerprint density at radius 2 is 2.05 bits per heavy atom. The molecule has 3 nitrogen and oxygen atoms in total. The van der Waals surface area contributed by atoms with Gasteiger partial charge < -0.3 is 10.1 Å². The molecule has 1 atom stereocenters. The van der Waals surface area contributed by atoms with Crippen molar-refractivity contribution in [3.05, 3.63) is 24.0 Å². The maximum absolute atomic E-state index is 5.54.